The molecule has 0 atom stereocenters. The fourth-order valence-electron chi connectivity index (χ4n) is 6.03. The van der Waals surface area contributed by atoms with Crippen LogP contribution in [0.15, 0.2) is 42.5 Å². The van der Waals surface area contributed by atoms with Crippen molar-refractivity contribution >= 4 is 0 Å². The van der Waals surface area contributed by atoms with Crippen LogP contribution in [0.2, 0.25) is 0 Å². The fourth-order valence-corrected chi connectivity index (χ4v) is 6.03. The first-order valence-electron chi connectivity index (χ1n) is 15.4. The third-order valence-corrected chi connectivity index (χ3v) is 10.2. The van der Waals surface area contributed by atoms with E-state index in [1.54, 1.807) is 0 Å². The van der Waals surface area contributed by atoms with Crippen molar-refractivity contribution in [2.24, 2.45) is 16.7 Å². The summed E-state index contributed by atoms with van der Waals surface area (Å²) in [5.41, 5.74) is 4.40. The Morgan fingerprint density at radius 3 is 1.54 bits per heavy atom. The summed E-state index contributed by atoms with van der Waals surface area (Å²) in [4.78, 5) is 0. The highest BCUT2D eigenvalue weighted by Crippen LogP contribution is 2.40. The van der Waals surface area contributed by atoms with E-state index in [-0.39, 0.29) is 10.8 Å². The maximum atomic E-state index is 6.61. The molecule has 0 N–H and O–H groups in total. The van der Waals surface area contributed by atoms with Crippen LogP contribution in [0.5, 0.6) is 11.5 Å². The van der Waals surface area contributed by atoms with E-state index in [1.165, 1.54) is 42.4 Å². The maximum absolute atomic E-state index is 6.61. The van der Waals surface area contributed by atoms with Crippen LogP contribution in [0.3, 0.4) is 0 Å². The van der Waals surface area contributed by atoms with Gasteiger partial charge in [0.15, 0.2) is 11.5 Å². The first-order valence-corrected chi connectivity index (χ1v) is 15.4. The Bertz CT molecular complexity index is 912. The van der Waals surface area contributed by atoms with Crippen molar-refractivity contribution in [2.75, 3.05) is 13.2 Å². The molecule has 1 aliphatic rings. The van der Waals surface area contributed by atoms with E-state index < -0.39 is 0 Å². The van der Waals surface area contributed by atoms with E-state index in [0.717, 1.165) is 75.1 Å². The summed E-state index contributed by atoms with van der Waals surface area (Å²) in [6.07, 6.45) is 12.1. The minimum Gasteiger partial charge on any atom is -0.489 e. The van der Waals surface area contributed by atoms with Crippen molar-refractivity contribution in [1.29, 1.82) is 0 Å². The summed E-state index contributed by atoms with van der Waals surface area (Å²) >= 11 is 0. The Labute approximate surface area is 228 Å². The van der Waals surface area contributed by atoms with Crippen LogP contribution in [0, 0.1) is 16.7 Å². The molecule has 0 amide bonds. The zero-order chi connectivity index (χ0) is 26.9. The van der Waals surface area contributed by atoms with Crippen LogP contribution >= 0.6 is 0 Å². The van der Waals surface area contributed by atoms with Crippen LogP contribution in [0.25, 0.3) is 11.1 Å². The molecule has 0 bridgehead atoms. The lowest BCUT2D eigenvalue weighted by Crippen LogP contribution is -2.28. The lowest BCUT2D eigenvalue weighted by Gasteiger charge is -2.32. The molecule has 3 rings (SSSR count). The monoisotopic (exact) mass is 506 g/mol. The van der Waals surface area contributed by atoms with Crippen LogP contribution in [-0.2, 0) is 0 Å². The van der Waals surface area contributed by atoms with Gasteiger partial charge >= 0.3 is 0 Å². The molecule has 1 aliphatic carbocycles. The van der Waals surface area contributed by atoms with Gasteiger partial charge in [0, 0.05) is 10.8 Å². The van der Waals surface area contributed by atoms with Crippen molar-refractivity contribution in [1.82, 2.24) is 0 Å². The predicted molar refractivity (Wildman–Crippen MR) is 160 cm³/mol. The quantitative estimate of drug-likeness (QED) is 0.254. The highest BCUT2D eigenvalue weighted by Gasteiger charge is 2.28. The molecule has 2 heteroatoms. The van der Waals surface area contributed by atoms with Crippen molar-refractivity contribution in [2.45, 2.75) is 119 Å². The molecule has 37 heavy (non-hydrogen) atoms. The third-order valence-electron chi connectivity index (χ3n) is 10.2. The predicted octanol–water partition coefficient (Wildman–Crippen LogP) is 10.8. The van der Waals surface area contributed by atoms with E-state index in [2.05, 4.69) is 90.9 Å². The second kappa shape index (κ2) is 13.7. The Balaban J connectivity index is 1.85. The van der Waals surface area contributed by atoms with E-state index in [0.29, 0.717) is 0 Å². The summed E-state index contributed by atoms with van der Waals surface area (Å²) in [5.74, 6) is 3.38. The average molecular weight is 507 g/mol. The molecular formula is C35H54O2. The Kier molecular flexibility index (Phi) is 11.0. The smallest absolute Gasteiger partial charge is 0.161 e. The molecule has 0 radical (unpaired) electrons. The van der Waals surface area contributed by atoms with Gasteiger partial charge in [0.05, 0.1) is 13.2 Å². The lowest BCUT2D eigenvalue weighted by atomic mass is 9.79. The van der Waals surface area contributed by atoms with Gasteiger partial charge in [-0.2, -0.15) is 0 Å². The minimum atomic E-state index is 0.215. The molecule has 0 spiro atoms. The largest absolute Gasteiger partial charge is 0.489 e. The van der Waals surface area contributed by atoms with Crippen molar-refractivity contribution in [3.8, 4) is 22.6 Å². The van der Waals surface area contributed by atoms with Gasteiger partial charge in [-0.25, -0.2) is 0 Å². The second-order valence-electron chi connectivity index (χ2n) is 11.9. The van der Waals surface area contributed by atoms with Crippen molar-refractivity contribution < 1.29 is 9.47 Å². The molecule has 1 fully saturated rings. The van der Waals surface area contributed by atoms with Crippen LogP contribution in [0.4, 0.5) is 0 Å². The SMILES string of the molecule is CCC(CC)(CC)COc1ccc(-c2ccc(C3CCC(C)CC3)cc2)cc1OCC(CC)(CC)CC. The number of rotatable bonds is 14. The summed E-state index contributed by atoms with van der Waals surface area (Å²) in [6.45, 7) is 17.6. The van der Waals surface area contributed by atoms with E-state index in [9.17, 15) is 0 Å². The Hall–Kier alpha value is -1.96. The molecule has 0 aliphatic heterocycles. The standard InChI is InChI=1S/C35H54O2/c1-8-34(9-2,10-3)25-36-32-23-22-31(24-33(32)37-26-35(11-4,12-5)13-6)30-20-18-29(19-21-30)28-16-14-27(7)15-17-28/h18-24,27-28H,8-17,25-26H2,1-7H3. The van der Waals surface area contributed by atoms with Gasteiger partial charge < -0.3 is 9.47 Å². The molecule has 0 aromatic heterocycles. The number of benzene rings is 2. The highest BCUT2D eigenvalue weighted by atomic mass is 16.5. The highest BCUT2D eigenvalue weighted by molar-refractivity contribution is 5.67. The first-order chi connectivity index (χ1) is 17.9. The summed E-state index contributed by atoms with van der Waals surface area (Å²) in [6, 6.07) is 15.9. The molecule has 0 unspecified atom stereocenters. The van der Waals surface area contributed by atoms with Gasteiger partial charge in [0.1, 0.15) is 0 Å². The average Bonchev–Trinajstić information content (AvgIpc) is 2.96. The molecule has 1 saturated carbocycles. The maximum Gasteiger partial charge on any atom is 0.161 e. The van der Waals surface area contributed by atoms with Gasteiger partial charge in [-0.1, -0.05) is 91.6 Å². The first kappa shape index (κ1) is 29.6. The zero-order valence-electron chi connectivity index (χ0n) is 25.0. The van der Waals surface area contributed by atoms with Crippen LogP contribution in [0.1, 0.15) is 124 Å². The van der Waals surface area contributed by atoms with Crippen molar-refractivity contribution in [3.05, 3.63) is 48.0 Å². The van der Waals surface area contributed by atoms with Gasteiger partial charge in [-0.3, -0.25) is 0 Å². The molecule has 0 heterocycles. The normalized spacial score (nSPS) is 18.6. The van der Waals surface area contributed by atoms with Crippen LogP contribution in [-0.4, -0.2) is 13.2 Å². The van der Waals surface area contributed by atoms with Gasteiger partial charge in [0.25, 0.3) is 0 Å². The molecule has 0 saturated heterocycles. The van der Waals surface area contributed by atoms with Gasteiger partial charge in [0.2, 0.25) is 0 Å². The summed E-state index contributed by atoms with van der Waals surface area (Å²) < 4.78 is 13.1. The fraction of sp³-hybridized carbons (Fsp3) is 0.657. The van der Waals surface area contributed by atoms with E-state index >= 15 is 0 Å². The molecule has 2 aromatic carbocycles. The molecule has 2 aromatic rings. The van der Waals surface area contributed by atoms with Gasteiger partial charge in [-0.15, -0.1) is 0 Å². The minimum absolute atomic E-state index is 0.215. The molecular weight excluding hydrogens is 452 g/mol. The van der Waals surface area contributed by atoms with Crippen LogP contribution < -0.4 is 9.47 Å². The Morgan fingerprint density at radius 1 is 0.595 bits per heavy atom. The van der Waals surface area contributed by atoms with E-state index in [4.69, 9.17) is 9.47 Å². The summed E-state index contributed by atoms with van der Waals surface area (Å²) in [5, 5.41) is 0. The van der Waals surface area contributed by atoms with E-state index in [1.807, 2.05) is 0 Å². The number of ether oxygens (including phenoxy) is 2. The van der Waals surface area contributed by atoms with Gasteiger partial charge in [-0.05, 0) is 92.0 Å². The number of hydrogen-bond acceptors (Lipinski definition) is 2. The third kappa shape index (κ3) is 7.33. The second-order valence-corrected chi connectivity index (χ2v) is 11.9. The summed E-state index contributed by atoms with van der Waals surface area (Å²) in [7, 11) is 0. The zero-order valence-corrected chi connectivity index (χ0v) is 25.0. The van der Waals surface area contributed by atoms with Crippen molar-refractivity contribution in [3.63, 3.8) is 0 Å². The lowest BCUT2D eigenvalue weighted by molar-refractivity contribution is 0.107. The Morgan fingerprint density at radius 2 is 1.05 bits per heavy atom. The molecule has 206 valence electrons. The number of hydrogen-bond donors (Lipinski definition) is 0. The molecule has 2 nitrogen and oxygen atoms in total. The topological polar surface area (TPSA) is 18.5 Å².